The van der Waals surface area contributed by atoms with Crippen LogP contribution in [0, 0.1) is 6.92 Å². The molecule has 0 saturated heterocycles. The molecule has 0 N–H and O–H groups in total. The summed E-state index contributed by atoms with van der Waals surface area (Å²) in [5.74, 6) is 1.29. The molecular formula is C15H16BrClN2O. The van der Waals surface area contributed by atoms with Crippen molar-refractivity contribution in [1.29, 1.82) is 0 Å². The van der Waals surface area contributed by atoms with E-state index in [1.165, 1.54) is 0 Å². The van der Waals surface area contributed by atoms with E-state index in [4.69, 9.17) is 16.3 Å². The van der Waals surface area contributed by atoms with E-state index < -0.39 is 0 Å². The number of halogens is 2. The summed E-state index contributed by atoms with van der Waals surface area (Å²) in [6.45, 7) is 4.41. The highest BCUT2D eigenvalue weighted by atomic mass is 79.9. The van der Waals surface area contributed by atoms with Crippen molar-refractivity contribution in [3.8, 4) is 5.88 Å². The van der Waals surface area contributed by atoms with E-state index >= 15 is 0 Å². The summed E-state index contributed by atoms with van der Waals surface area (Å²) < 4.78 is 6.82. The maximum absolute atomic E-state index is 6.12. The number of ether oxygens (including phenoxy) is 1. The van der Waals surface area contributed by atoms with E-state index in [1.54, 1.807) is 0 Å². The number of hydrogen-bond acceptors (Lipinski definition) is 3. The highest BCUT2D eigenvalue weighted by Gasteiger charge is 2.10. The minimum atomic E-state index is 0.458. The lowest BCUT2D eigenvalue weighted by molar-refractivity contribution is 0.289. The van der Waals surface area contributed by atoms with Crippen molar-refractivity contribution in [3.63, 3.8) is 0 Å². The number of aryl methyl sites for hydroxylation is 1. The van der Waals surface area contributed by atoms with Crippen LogP contribution in [-0.2, 0) is 13.0 Å². The molecule has 1 heterocycles. The van der Waals surface area contributed by atoms with Gasteiger partial charge in [0.1, 0.15) is 17.6 Å². The molecule has 0 radical (unpaired) electrons. The monoisotopic (exact) mass is 354 g/mol. The van der Waals surface area contributed by atoms with Gasteiger partial charge in [0.2, 0.25) is 5.88 Å². The first kappa shape index (κ1) is 15.3. The standard InChI is InChI=1S/C15H16BrClN2O/c1-3-5-13-18-14(17)10(2)15(19-13)20-9-11-6-4-7-12(16)8-11/h4,6-8H,3,5,9H2,1-2H3. The van der Waals surface area contributed by atoms with E-state index in [0.717, 1.165) is 34.3 Å². The molecule has 0 saturated carbocycles. The van der Waals surface area contributed by atoms with Crippen LogP contribution in [0.2, 0.25) is 5.15 Å². The van der Waals surface area contributed by atoms with Crippen LogP contribution in [0.3, 0.4) is 0 Å². The predicted molar refractivity (Wildman–Crippen MR) is 84.2 cm³/mol. The Hall–Kier alpha value is -1.13. The van der Waals surface area contributed by atoms with Gasteiger partial charge in [0.05, 0.1) is 0 Å². The lowest BCUT2D eigenvalue weighted by Gasteiger charge is -2.10. The molecule has 0 atom stereocenters. The highest BCUT2D eigenvalue weighted by molar-refractivity contribution is 9.10. The van der Waals surface area contributed by atoms with Crippen LogP contribution in [0.15, 0.2) is 28.7 Å². The Labute approximate surface area is 132 Å². The average Bonchev–Trinajstić information content (AvgIpc) is 2.41. The molecule has 0 spiro atoms. The fourth-order valence-electron chi connectivity index (χ4n) is 1.77. The third-order valence-electron chi connectivity index (χ3n) is 2.83. The molecule has 0 aliphatic rings. The number of rotatable bonds is 5. The lowest BCUT2D eigenvalue weighted by atomic mass is 10.2. The summed E-state index contributed by atoms with van der Waals surface area (Å²) in [5.41, 5.74) is 1.85. The molecule has 5 heteroatoms. The second kappa shape index (κ2) is 7.04. The van der Waals surface area contributed by atoms with Crippen molar-refractivity contribution in [2.24, 2.45) is 0 Å². The summed E-state index contributed by atoms with van der Waals surface area (Å²) in [6.07, 6.45) is 1.78. The van der Waals surface area contributed by atoms with E-state index in [-0.39, 0.29) is 0 Å². The molecule has 0 fully saturated rings. The van der Waals surface area contributed by atoms with E-state index in [2.05, 4.69) is 32.8 Å². The highest BCUT2D eigenvalue weighted by Crippen LogP contribution is 2.23. The molecule has 2 aromatic rings. The maximum Gasteiger partial charge on any atom is 0.221 e. The molecule has 2 rings (SSSR count). The van der Waals surface area contributed by atoms with Gasteiger partial charge in [-0.3, -0.25) is 0 Å². The minimum absolute atomic E-state index is 0.458. The largest absolute Gasteiger partial charge is 0.472 e. The second-order valence-electron chi connectivity index (χ2n) is 4.53. The molecule has 3 nitrogen and oxygen atoms in total. The van der Waals surface area contributed by atoms with E-state index in [9.17, 15) is 0 Å². The van der Waals surface area contributed by atoms with Crippen LogP contribution in [0.1, 0.15) is 30.3 Å². The lowest BCUT2D eigenvalue weighted by Crippen LogP contribution is -2.04. The fraction of sp³-hybridized carbons (Fsp3) is 0.333. The average molecular weight is 356 g/mol. The molecule has 20 heavy (non-hydrogen) atoms. The molecule has 1 aromatic carbocycles. The van der Waals surface area contributed by atoms with Crippen LogP contribution < -0.4 is 4.74 Å². The third kappa shape index (κ3) is 3.93. The number of aromatic nitrogens is 2. The van der Waals surface area contributed by atoms with Crippen LogP contribution in [0.4, 0.5) is 0 Å². The number of hydrogen-bond donors (Lipinski definition) is 0. The van der Waals surface area contributed by atoms with Gasteiger partial charge in [-0.15, -0.1) is 0 Å². The van der Waals surface area contributed by atoms with Crippen LogP contribution in [-0.4, -0.2) is 9.97 Å². The molecule has 0 unspecified atom stereocenters. The normalized spacial score (nSPS) is 10.6. The summed E-state index contributed by atoms with van der Waals surface area (Å²) in [7, 11) is 0. The van der Waals surface area contributed by atoms with Gasteiger partial charge in [-0.2, -0.15) is 4.98 Å². The van der Waals surface area contributed by atoms with Gasteiger partial charge >= 0.3 is 0 Å². The topological polar surface area (TPSA) is 35.0 Å². The Bertz CT molecular complexity index is 604. The van der Waals surface area contributed by atoms with Crippen molar-refractivity contribution in [2.45, 2.75) is 33.3 Å². The Morgan fingerprint density at radius 2 is 2.10 bits per heavy atom. The summed E-state index contributed by atoms with van der Waals surface area (Å²) >= 11 is 9.57. The SMILES string of the molecule is CCCc1nc(Cl)c(C)c(OCc2cccc(Br)c2)n1. The van der Waals surface area contributed by atoms with Gasteiger partial charge in [-0.1, -0.05) is 46.6 Å². The number of nitrogens with zero attached hydrogens (tertiary/aromatic N) is 2. The minimum Gasteiger partial charge on any atom is -0.472 e. The Kier molecular flexibility index (Phi) is 5.38. The molecule has 1 aromatic heterocycles. The zero-order valence-corrected chi connectivity index (χ0v) is 13.8. The van der Waals surface area contributed by atoms with Crippen molar-refractivity contribution in [3.05, 3.63) is 50.8 Å². The Balaban J connectivity index is 2.16. The summed E-state index contributed by atoms with van der Waals surface area (Å²) in [4.78, 5) is 8.69. The van der Waals surface area contributed by atoms with Crippen LogP contribution in [0.25, 0.3) is 0 Å². The van der Waals surface area contributed by atoms with Crippen LogP contribution >= 0.6 is 27.5 Å². The molecule has 0 bridgehead atoms. The molecule has 0 aliphatic carbocycles. The molecule has 0 aliphatic heterocycles. The van der Waals surface area contributed by atoms with E-state index in [0.29, 0.717) is 17.6 Å². The first-order chi connectivity index (χ1) is 9.60. The zero-order valence-electron chi connectivity index (χ0n) is 11.5. The zero-order chi connectivity index (χ0) is 14.5. The molecular weight excluding hydrogens is 340 g/mol. The summed E-state index contributed by atoms with van der Waals surface area (Å²) in [6, 6.07) is 7.99. The first-order valence-corrected chi connectivity index (χ1v) is 7.67. The van der Waals surface area contributed by atoms with Gasteiger partial charge in [-0.05, 0) is 31.0 Å². The van der Waals surface area contributed by atoms with Crippen molar-refractivity contribution in [2.75, 3.05) is 0 Å². The van der Waals surface area contributed by atoms with Gasteiger partial charge in [0.15, 0.2) is 0 Å². The van der Waals surface area contributed by atoms with Crippen molar-refractivity contribution in [1.82, 2.24) is 9.97 Å². The van der Waals surface area contributed by atoms with E-state index in [1.807, 2.05) is 31.2 Å². The Morgan fingerprint density at radius 3 is 2.80 bits per heavy atom. The van der Waals surface area contributed by atoms with Gasteiger partial charge in [0, 0.05) is 16.5 Å². The fourth-order valence-corrected chi connectivity index (χ4v) is 2.39. The number of benzene rings is 1. The second-order valence-corrected chi connectivity index (χ2v) is 5.80. The van der Waals surface area contributed by atoms with Crippen molar-refractivity contribution < 1.29 is 4.74 Å². The van der Waals surface area contributed by atoms with Gasteiger partial charge < -0.3 is 4.74 Å². The molecule has 106 valence electrons. The Morgan fingerprint density at radius 1 is 1.30 bits per heavy atom. The van der Waals surface area contributed by atoms with Gasteiger partial charge in [0.25, 0.3) is 0 Å². The first-order valence-electron chi connectivity index (χ1n) is 6.50. The van der Waals surface area contributed by atoms with Gasteiger partial charge in [-0.25, -0.2) is 4.98 Å². The molecule has 0 amide bonds. The van der Waals surface area contributed by atoms with Crippen molar-refractivity contribution >= 4 is 27.5 Å². The smallest absolute Gasteiger partial charge is 0.221 e. The quantitative estimate of drug-likeness (QED) is 0.727. The summed E-state index contributed by atoms with van der Waals surface area (Å²) in [5, 5.41) is 0.465. The third-order valence-corrected chi connectivity index (χ3v) is 3.69. The predicted octanol–water partition coefficient (Wildman–Crippen LogP) is 4.73. The van der Waals surface area contributed by atoms with Crippen LogP contribution in [0.5, 0.6) is 5.88 Å². The maximum atomic E-state index is 6.12.